The van der Waals surface area contributed by atoms with Crippen LogP contribution in [0.5, 0.6) is 0 Å². The predicted molar refractivity (Wildman–Crippen MR) is 117 cm³/mol. The molecule has 0 bridgehead atoms. The van der Waals surface area contributed by atoms with Crippen molar-refractivity contribution in [3.63, 3.8) is 0 Å². The molecule has 0 spiro atoms. The number of aryl methyl sites for hydroxylation is 1. The Morgan fingerprint density at radius 3 is 2.29 bits per heavy atom. The zero-order valence-corrected chi connectivity index (χ0v) is 15.9. The van der Waals surface area contributed by atoms with Crippen molar-refractivity contribution in [2.24, 2.45) is 0 Å². The summed E-state index contributed by atoms with van der Waals surface area (Å²) in [6, 6.07) is 31.0. The molecule has 6 rings (SSSR count). The number of hydrogen-bond acceptors (Lipinski definition) is 0. The van der Waals surface area contributed by atoms with Crippen LogP contribution in [0.2, 0.25) is 0 Å². The molecule has 0 amide bonds. The fraction of sp³-hybridized carbons (Fsp3) is 0.185. The molecule has 1 aliphatic carbocycles. The first-order chi connectivity index (χ1) is 13.9. The number of para-hydroxylation sites is 1. The minimum Gasteiger partial charge on any atom is -0.313 e. The van der Waals surface area contributed by atoms with E-state index in [1.54, 1.807) is 11.3 Å². The monoisotopic (exact) mass is 361 g/mol. The van der Waals surface area contributed by atoms with Crippen LogP contribution in [0.3, 0.4) is 0 Å². The Morgan fingerprint density at radius 1 is 0.750 bits per heavy atom. The molecule has 1 heteroatoms. The fourth-order valence-corrected chi connectivity index (χ4v) is 5.42. The minimum absolute atomic E-state index is 0.437. The second-order valence-corrected chi connectivity index (χ2v) is 8.07. The molecule has 0 saturated heterocycles. The average molecular weight is 361 g/mol. The summed E-state index contributed by atoms with van der Waals surface area (Å²) < 4.78 is 2.57. The molecule has 1 nitrogen and oxygen atoms in total. The number of allylic oxidation sites excluding steroid dienone is 1. The number of nitrogens with zero attached hydrogens (tertiary/aromatic N) is 1. The summed E-state index contributed by atoms with van der Waals surface area (Å²) >= 11 is 0. The normalized spacial score (nSPS) is 20.6. The predicted octanol–water partition coefficient (Wildman–Crippen LogP) is 6.75. The molecular formula is C27H23N. The van der Waals surface area contributed by atoms with Crippen molar-refractivity contribution in [3.8, 4) is 0 Å². The van der Waals surface area contributed by atoms with Gasteiger partial charge in [0.05, 0.1) is 5.52 Å². The van der Waals surface area contributed by atoms with Gasteiger partial charge in [-0.2, -0.15) is 0 Å². The first kappa shape index (κ1) is 15.9. The molecule has 136 valence electrons. The Bertz CT molecular complexity index is 1180. The van der Waals surface area contributed by atoms with E-state index in [2.05, 4.69) is 95.6 Å². The first-order valence-electron chi connectivity index (χ1n) is 10.4. The van der Waals surface area contributed by atoms with Crippen molar-refractivity contribution in [2.45, 2.75) is 31.1 Å². The van der Waals surface area contributed by atoms with E-state index >= 15 is 0 Å². The quantitative estimate of drug-likeness (QED) is 0.372. The highest BCUT2D eigenvalue weighted by atomic mass is 15.0. The third-order valence-corrected chi connectivity index (χ3v) is 6.58. The maximum absolute atomic E-state index is 2.57. The van der Waals surface area contributed by atoms with Crippen LogP contribution in [-0.4, -0.2) is 4.57 Å². The van der Waals surface area contributed by atoms with Gasteiger partial charge >= 0.3 is 0 Å². The molecule has 2 heterocycles. The van der Waals surface area contributed by atoms with Crippen molar-refractivity contribution < 1.29 is 0 Å². The van der Waals surface area contributed by atoms with E-state index in [4.69, 9.17) is 0 Å². The zero-order valence-electron chi connectivity index (χ0n) is 15.9. The van der Waals surface area contributed by atoms with Gasteiger partial charge in [-0.25, -0.2) is 0 Å². The lowest BCUT2D eigenvalue weighted by Gasteiger charge is -2.36. The Hall–Kier alpha value is -3.06. The van der Waals surface area contributed by atoms with Crippen molar-refractivity contribution >= 4 is 16.6 Å². The molecule has 4 aromatic rings. The van der Waals surface area contributed by atoms with Crippen LogP contribution in [0.25, 0.3) is 16.6 Å². The van der Waals surface area contributed by atoms with Crippen molar-refractivity contribution in [1.82, 2.24) is 4.57 Å². The molecule has 1 aromatic heterocycles. The number of hydrogen-bond donors (Lipinski definition) is 0. The van der Waals surface area contributed by atoms with Gasteiger partial charge in [-0.15, -0.1) is 0 Å². The van der Waals surface area contributed by atoms with E-state index in [9.17, 15) is 0 Å². The molecule has 28 heavy (non-hydrogen) atoms. The van der Waals surface area contributed by atoms with Crippen LogP contribution in [-0.2, 0) is 6.42 Å². The molecule has 2 aliphatic rings. The summed E-state index contributed by atoms with van der Waals surface area (Å²) in [5.74, 6) is 0.998. The van der Waals surface area contributed by atoms with Crippen LogP contribution in [0, 0.1) is 0 Å². The summed E-state index contributed by atoms with van der Waals surface area (Å²) in [5, 5.41) is 1.44. The number of benzene rings is 3. The minimum atomic E-state index is 0.437. The highest BCUT2D eigenvalue weighted by molar-refractivity contribution is 5.92. The van der Waals surface area contributed by atoms with Crippen LogP contribution in [0.15, 0.2) is 91.0 Å². The molecule has 0 N–H and O–H groups in total. The SMILES string of the molecule is C1=C(c2ccccc2)n2c3c(c4ccccc42)CCC[C@H]3[C@H]1c1ccccc1. The van der Waals surface area contributed by atoms with Gasteiger partial charge in [-0.05, 0) is 42.0 Å². The van der Waals surface area contributed by atoms with Gasteiger partial charge in [-0.1, -0.05) is 84.9 Å². The molecular weight excluding hydrogens is 338 g/mol. The van der Waals surface area contributed by atoms with Gasteiger partial charge in [0.15, 0.2) is 0 Å². The van der Waals surface area contributed by atoms with Crippen molar-refractivity contribution in [3.05, 3.63) is 113 Å². The van der Waals surface area contributed by atoms with E-state index in [0.717, 1.165) is 0 Å². The molecule has 2 atom stereocenters. The Balaban J connectivity index is 1.69. The molecule has 0 saturated carbocycles. The van der Waals surface area contributed by atoms with E-state index in [-0.39, 0.29) is 0 Å². The van der Waals surface area contributed by atoms with Crippen molar-refractivity contribution in [1.29, 1.82) is 0 Å². The lowest BCUT2D eigenvalue weighted by Crippen LogP contribution is -2.24. The lowest BCUT2D eigenvalue weighted by atomic mass is 9.73. The summed E-state index contributed by atoms with van der Waals surface area (Å²) in [6.45, 7) is 0. The highest BCUT2D eigenvalue weighted by Gasteiger charge is 2.37. The van der Waals surface area contributed by atoms with Crippen LogP contribution < -0.4 is 0 Å². The Labute approximate surface area is 165 Å². The average Bonchev–Trinajstić information content (AvgIpc) is 3.12. The molecule has 3 aromatic carbocycles. The molecule has 0 fully saturated rings. The largest absolute Gasteiger partial charge is 0.313 e. The second kappa shape index (κ2) is 6.24. The Kier molecular flexibility index (Phi) is 3.55. The van der Waals surface area contributed by atoms with Crippen molar-refractivity contribution in [2.75, 3.05) is 0 Å². The van der Waals surface area contributed by atoms with Gasteiger partial charge in [0.1, 0.15) is 0 Å². The highest BCUT2D eigenvalue weighted by Crippen LogP contribution is 2.51. The Morgan fingerprint density at radius 2 is 1.46 bits per heavy atom. The fourth-order valence-electron chi connectivity index (χ4n) is 5.42. The van der Waals surface area contributed by atoms with Crippen LogP contribution >= 0.6 is 0 Å². The van der Waals surface area contributed by atoms with Crippen LogP contribution in [0.4, 0.5) is 0 Å². The zero-order chi connectivity index (χ0) is 18.5. The maximum atomic E-state index is 2.57. The van der Waals surface area contributed by atoms with E-state index in [1.807, 2.05) is 0 Å². The molecule has 0 unspecified atom stereocenters. The summed E-state index contributed by atoms with van der Waals surface area (Å²) in [5.41, 5.74) is 8.57. The third kappa shape index (κ3) is 2.26. The van der Waals surface area contributed by atoms with Gasteiger partial charge in [-0.3, -0.25) is 0 Å². The second-order valence-electron chi connectivity index (χ2n) is 8.07. The number of rotatable bonds is 2. The van der Waals surface area contributed by atoms with E-state index < -0.39 is 0 Å². The van der Waals surface area contributed by atoms with Gasteiger partial charge in [0.25, 0.3) is 0 Å². The van der Waals surface area contributed by atoms with E-state index in [0.29, 0.717) is 11.8 Å². The summed E-state index contributed by atoms with van der Waals surface area (Å²) in [7, 11) is 0. The lowest BCUT2D eigenvalue weighted by molar-refractivity contribution is 0.489. The smallest absolute Gasteiger partial charge is 0.0534 e. The molecule has 0 radical (unpaired) electrons. The molecule has 1 aliphatic heterocycles. The summed E-state index contributed by atoms with van der Waals surface area (Å²) in [4.78, 5) is 0. The topological polar surface area (TPSA) is 4.93 Å². The standard InChI is InChI=1S/C27H23N/c1-3-10-19(11-4-1)24-18-26(20-12-5-2-6-13-20)28-25-17-8-7-14-21(25)22-15-9-16-23(24)27(22)28/h1-8,10-14,17-18,23-24H,9,15-16H2/t23-,24+/m0/s1. The maximum Gasteiger partial charge on any atom is 0.0534 e. The number of fused-ring (bicyclic) bond motifs is 3. The van der Waals surface area contributed by atoms with Crippen LogP contribution in [0.1, 0.15) is 47.1 Å². The summed E-state index contributed by atoms with van der Waals surface area (Å²) in [6.07, 6.45) is 6.28. The number of aromatic nitrogens is 1. The first-order valence-corrected chi connectivity index (χ1v) is 10.4. The third-order valence-electron chi connectivity index (χ3n) is 6.58. The van der Waals surface area contributed by atoms with Gasteiger partial charge < -0.3 is 4.57 Å². The van der Waals surface area contributed by atoms with E-state index in [1.165, 1.54) is 47.0 Å². The van der Waals surface area contributed by atoms with Gasteiger partial charge in [0.2, 0.25) is 0 Å². The van der Waals surface area contributed by atoms with Gasteiger partial charge in [0, 0.05) is 28.6 Å².